The number of carbonyl (C=O) groups is 3. The number of fused-ring (bicyclic) bond motifs is 3. The minimum absolute atomic E-state index is 0.00120. The van der Waals surface area contributed by atoms with Crippen molar-refractivity contribution in [2.45, 2.75) is 109 Å². The van der Waals surface area contributed by atoms with Gasteiger partial charge in [-0.15, -0.1) is 11.3 Å². The minimum Gasteiger partial charge on any atom is -0.497 e. The predicted octanol–water partition coefficient (Wildman–Crippen LogP) is 8.04. The highest BCUT2D eigenvalue weighted by Crippen LogP contribution is 2.48. The van der Waals surface area contributed by atoms with E-state index in [0.717, 1.165) is 77.0 Å². The molecule has 3 fully saturated rings. The number of esters is 1. The van der Waals surface area contributed by atoms with Gasteiger partial charge in [0.15, 0.2) is 0 Å². The topological polar surface area (TPSA) is 132 Å². The molecule has 3 amide bonds. The van der Waals surface area contributed by atoms with Crippen molar-refractivity contribution in [2.75, 3.05) is 33.9 Å². The summed E-state index contributed by atoms with van der Waals surface area (Å²) in [5.41, 5.74) is 3.14. The molecule has 4 atom stereocenters. The van der Waals surface area contributed by atoms with Crippen LogP contribution in [0.4, 0.5) is 4.79 Å². The SMILES string of the molecule is CCOC(=O)[C@@]12C[C@H]1CCCCCCCN(Cc1ccc(OC)cc1)C(=O)N1C[C@H](Oc3cc(-c4nc(C(C)C)cs4)nc4c(C)c(OC)ccc34)C[C@H]1C(=O)N2. The van der Waals surface area contributed by atoms with E-state index in [1.807, 2.05) is 54.3 Å². The molecule has 2 aliphatic heterocycles. The lowest BCUT2D eigenvalue weighted by Gasteiger charge is -2.32. The van der Waals surface area contributed by atoms with E-state index in [1.165, 1.54) is 11.3 Å². The Morgan fingerprint density at radius 3 is 2.49 bits per heavy atom. The number of carbonyl (C=O) groups excluding carboxylic acids is 3. The predicted molar refractivity (Wildman–Crippen MR) is 220 cm³/mol. The molecule has 1 saturated carbocycles. The van der Waals surface area contributed by atoms with Crippen LogP contribution < -0.4 is 19.5 Å². The molecule has 0 unspecified atom stereocenters. The molecule has 3 aliphatic rings. The molecule has 0 bridgehead atoms. The van der Waals surface area contributed by atoms with Gasteiger partial charge in [-0.25, -0.2) is 19.6 Å². The number of aromatic nitrogens is 2. The molecule has 4 aromatic rings. The highest BCUT2D eigenvalue weighted by Gasteiger charge is 2.62. The normalized spacial score (nSPS) is 23.0. The first-order valence-electron chi connectivity index (χ1n) is 20.3. The maximum atomic E-state index is 14.8. The van der Waals surface area contributed by atoms with Gasteiger partial charge in [0, 0.05) is 41.9 Å². The Balaban J connectivity index is 1.24. The summed E-state index contributed by atoms with van der Waals surface area (Å²) >= 11 is 1.54. The molecule has 2 aromatic heterocycles. The zero-order chi connectivity index (χ0) is 40.3. The lowest BCUT2D eigenvalue weighted by Crippen LogP contribution is -2.55. The maximum absolute atomic E-state index is 14.8. The van der Waals surface area contributed by atoms with Crippen molar-refractivity contribution < 1.29 is 33.3 Å². The second kappa shape index (κ2) is 17.3. The Morgan fingerprint density at radius 1 is 1.00 bits per heavy atom. The number of thiazole rings is 1. The fourth-order valence-corrected chi connectivity index (χ4v) is 9.23. The molecule has 57 heavy (non-hydrogen) atoms. The third-order valence-corrected chi connectivity index (χ3v) is 12.6. The van der Waals surface area contributed by atoms with Crippen molar-refractivity contribution >= 4 is 40.1 Å². The molecular weight excluding hydrogens is 743 g/mol. The third-order valence-electron chi connectivity index (χ3n) is 11.7. The van der Waals surface area contributed by atoms with Crippen LogP contribution in [0.15, 0.2) is 47.8 Å². The van der Waals surface area contributed by atoms with Crippen LogP contribution in [0.5, 0.6) is 17.2 Å². The number of amides is 3. The van der Waals surface area contributed by atoms with E-state index in [9.17, 15) is 14.4 Å². The van der Waals surface area contributed by atoms with E-state index in [-0.39, 0.29) is 43.3 Å². The van der Waals surface area contributed by atoms with Crippen molar-refractivity contribution in [2.24, 2.45) is 5.92 Å². The van der Waals surface area contributed by atoms with E-state index in [0.29, 0.717) is 36.7 Å². The molecule has 1 N–H and O–H groups in total. The summed E-state index contributed by atoms with van der Waals surface area (Å²) in [5.74, 6) is 1.53. The van der Waals surface area contributed by atoms with Gasteiger partial charge in [0.05, 0.1) is 38.6 Å². The van der Waals surface area contributed by atoms with Gasteiger partial charge in [-0.1, -0.05) is 51.7 Å². The molecular formula is C44H55N5O7S. The van der Waals surface area contributed by atoms with Gasteiger partial charge in [-0.05, 0) is 74.8 Å². The average Bonchev–Trinajstić information content (AvgIpc) is 3.49. The summed E-state index contributed by atoms with van der Waals surface area (Å²) < 4.78 is 23.5. The Hall–Kier alpha value is -4.91. The Kier molecular flexibility index (Phi) is 12.2. The first-order valence-corrected chi connectivity index (χ1v) is 21.2. The zero-order valence-electron chi connectivity index (χ0n) is 34.0. The van der Waals surface area contributed by atoms with E-state index in [1.54, 1.807) is 26.0 Å². The third kappa shape index (κ3) is 8.54. The van der Waals surface area contributed by atoms with Crippen LogP contribution in [-0.4, -0.2) is 89.3 Å². The molecule has 0 radical (unpaired) electrons. The highest BCUT2D eigenvalue weighted by molar-refractivity contribution is 7.13. The smallest absolute Gasteiger partial charge is 0.332 e. The van der Waals surface area contributed by atoms with Gasteiger partial charge in [0.2, 0.25) is 5.91 Å². The van der Waals surface area contributed by atoms with Crippen LogP contribution in [0.3, 0.4) is 0 Å². The fourth-order valence-electron chi connectivity index (χ4n) is 8.29. The van der Waals surface area contributed by atoms with E-state index < -0.39 is 23.7 Å². The summed E-state index contributed by atoms with van der Waals surface area (Å²) in [6.07, 6.45) is 5.91. The van der Waals surface area contributed by atoms with Crippen molar-refractivity contribution in [3.8, 4) is 28.0 Å². The molecule has 2 saturated heterocycles. The van der Waals surface area contributed by atoms with Gasteiger partial charge in [0.25, 0.3) is 0 Å². The van der Waals surface area contributed by atoms with E-state index in [2.05, 4.69) is 24.5 Å². The number of nitrogens with one attached hydrogen (secondary N) is 1. The number of hydrogen-bond donors (Lipinski definition) is 1. The molecule has 12 nitrogen and oxygen atoms in total. The largest absolute Gasteiger partial charge is 0.497 e. The van der Waals surface area contributed by atoms with Crippen LogP contribution in [-0.2, 0) is 20.9 Å². The van der Waals surface area contributed by atoms with Gasteiger partial charge in [0.1, 0.15) is 45.6 Å². The van der Waals surface area contributed by atoms with Crippen molar-refractivity contribution in [3.63, 3.8) is 0 Å². The number of aryl methyl sites for hydroxylation is 1. The van der Waals surface area contributed by atoms with Crippen LogP contribution >= 0.6 is 11.3 Å². The number of methoxy groups -OCH3 is 2. The molecule has 0 spiro atoms. The summed E-state index contributed by atoms with van der Waals surface area (Å²) in [6.45, 7) is 9.29. The molecule has 13 heteroatoms. The molecule has 304 valence electrons. The van der Waals surface area contributed by atoms with Crippen molar-refractivity contribution in [1.29, 1.82) is 0 Å². The van der Waals surface area contributed by atoms with Gasteiger partial charge in [-0.2, -0.15) is 0 Å². The summed E-state index contributed by atoms with van der Waals surface area (Å²) in [5, 5.41) is 6.77. The highest BCUT2D eigenvalue weighted by atomic mass is 32.1. The fraction of sp³-hybridized carbons (Fsp3) is 0.523. The Labute approximate surface area is 339 Å². The van der Waals surface area contributed by atoms with Crippen molar-refractivity contribution in [1.82, 2.24) is 25.1 Å². The first-order chi connectivity index (χ1) is 27.5. The molecule has 1 aliphatic carbocycles. The van der Waals surface area contributed by atoms with Gasteiger partial charge in [-0.3, -0.25) is 4.79 Å². The zero-order valence-corrected chi connectivity index (χ0v) is 34.8. The monoisotopic (exact) mass is 797 g/mol. The Bertz CT molecular complexity index is 2090. The van der Waals surface area contributed by atoms with Gasteiger partial charge < -0.3 is 34.1 Å². The number of pyridine rings is 1. The second-order valence-corrected chi connectivity index (χ2v) is 16.7. The lowest BCUT2D eigenvalue weighted by atomic mass is 10.0. The number of ether oxygens (including phenoxy) is 4. The quantitative estimate of drug-likeness (QED) is 0.158. The number of benzene rings is 2. The van der Waals surface area contributed by atoms with Gasteiger partial charge >= 0.3 is 12.0 Å². The minimum atomic E-state index is -1.08. The van der Waals surface area contributed by atoms with E-state index >= 15 is 0 Å². The maximum Gasteiger partial charge on any atom is 0.332 e. The number of urea groups is 1. The second-order valence-electron chi connectivity index (χ2n) is 15.9. The van der Waals surface area contributed by atoms with Crippen molar-refractivity contribution in [3.05, 3.63) is 64.7 Å². The molecule has 4 heterocycles. The Morgan fingerprint density at radius 2 is 1.77 bits per heavy atom. The first kappa shape index (κ1) is 40.3. The molecule has 7 rings (SSSR count). The number of hydrogen-bond acceptors (Lipinski definition) is 10. The van der Waals surface area contributed by atoms with Crippen LogP contribution in [0.1, 0.15) is 94.9 Å². The van der Waals surface area contributed by atoms with Crippen LogP contribution in [0.2, 0.25) is 0 Å². The lowest BCUT2D eigenvalue weighted by molar-refractivity contribution is -0.149. The van der Waals surface area contributed by atoms with Crippen LogP contribution in [0.25, 0.3) is 21.6 Å². The standard InChI is InChI=1S/C44H55N5O7S/c1-7-55-42(51)44-23-30(44)13-11-9-8-10-12-20-48(24-29-14-16-31(53-5)17-15-29)43(52)49-25-32(21-36(49)40(50)47-44)56-38-22-34(41-46-35(26-57-41)27(2)3)45-39-28(4)37(54-6)19-18-33(38)39/h14-19,22,26-27,30,32,36H,7-13,20-21,23-25H2,1-6H3,(H,47,50)/t30-,32-,36+,44-/m1/s1. The average molecular weight is 798 g/mol. The summed E-state index contributed by atoms with van der Waals surface area (Å²) in [6, 6.07) is 12.4. The number of rotatable bonds is 10. The summed E-state index contributed by atoms with van der Waals surface area (Å²) in [7, 11) is 3.27. The van der Waals surface area contributed by atoms with E-state index in [4.69, 9.17) is 28.9 Å². The molecule has 2 aromatic carbocycles. The summed E-state index contributed by atoms with van der Waals surface area (Å²) in [4.78, 5) is 56.3. The van der Waals surface area contributed by atoms with Crippen LogP contribution in [0, 0.1) is 12.8 Å². The number of nitrogens with zero attached hydrogens (tertiary/aromatic N) is 4.